The zero-order valence-electron chi connectivity index (χ0n) is 14.0. The lowest BCUT2D eigenvalue weighted by molar-refractivity contribution is 0.105. The fourth-order valence-electron chi connectivity index (χ4n) is 3.88. The van der Waals surface area contributed by atoms with Crippen molar-refractivity contribution in [2.45, 2.75) is 31.8 Å². The number of piperidine rings is 1. The van der Waals surface area contributed by atoms with Crippen LogP contribution in [0.4, 0.5) is 16.6 Å². The van der Waals surface area contributed by atoms with E-state index in [4.69, 9.17) is 21.3 Å². The summed E-state index contributed by atoms with van der Waals surface area (Å²) in [4.78, 5) is 26.6. The van der Waals surface area contributed by atoms with E-state index in [2.05, 4.69) is 14.8 Å². The van der Waals surface area contributed by atoms with Crippen LogP contribution in [0.5, 0.6) is 0 Å². The second-order valence-electron chi connectivity index (χ2n) is 6.61. The molecule has 4 rings (SSSR count). The summed E-state index contributed by atoms with van der Waals surface area (Å²) >= 11 is 6.43. The number of nitrogens with zero attached hydrogens (tertiary/aromatic N) is 5. The highest BCUT2D eigenvalue weighted by Gasteiger charge is 2.37. The number of halogens is 1. The number of fused-ring (bicyclic) bond motifs is 1. The zero-order chi connectivity index (χ0) is 17.4. The number of hydrogen-bond acceptors (Lipinski definition) is 6. The van der Waals surface area contributed by atoms with Crippen LogP contribution in [0.2, 0.25) is 5.15 Å². The maximum atomic E-state index is 11.6. The molecule has 2 fully saturated rings. The topological polar surface area (TPSA) is 82.0 Å². The number of likely N-dealkylation sites (tertiary alicyclic amines) is 1. The van der Waals surface area contributed by atoms with Crippen molar-refractivity contribution in [3.63, 3.8) is 0 Å². The SMILES string of the molecule is O=C(O)N1CCCCC1N1CCc2c(Cl)nc(N3CCOCC3)nc21. The minimum atomic E-state index is -0.869. The van der Waals surface area contributed by atoms with Crippen LogP contribution < -0.4 is 9.80 Å². The Balaban J connectivity index is 1.66. The Kier molecular flexibility index (Phi) is 4.56. The Morgan fingerprint density at radius 3 is 2.72 bits per heavy atom. The van der Waals surface area contributed by atoms with Gasteiger partial charge in [0.25, 0.3) is 0 Å². The summed E-state index contributed by atoms with van der Waals surface area (Å²) in [5, 5.41) is 10.0. The van der Waals surface area contributed by atoms with Crippen molar-refractivity contribution in [1.82, 2.24) is 14.9 Å². The molecule has 0 spiro atoms. The predicted octanol–water partition coefficient (Wildman–Crippen LogP) is 1.82. The number of carboxylic acid groups (broad SMARTS) is 1. The van der Waals surface area contributed by atoms with E-state index in [0.717, 1.165) is 56.7 Å². The summed E-state index contributed by atoms with van der Waals surface area (Å²) in [6.45, 7) is 4.07. The molecule has 3 aliphatic heterocycles. The van der Waals surface area contributed by atoms with Gasteiger partial charge in [-0.3, -0.25) is 4.90 Å². The van der Waals surface area contributed by atoms with Crippen LogP contribution in [0.25, 0.3) is 0 Å². The Hall–Kier alpha value is -1.80. The van der Waals surface area contributed by atoms with Crippen molar-refractivity contribution in [1.29, 1.82) is 0 Å². The third-order valence-corrected chi connectivity index (χ3v) is 5.48. The van der Waals surface area contributed by atoms with E-state index in [0.29, 0.717) is 30.9 Å². The molecule has 1 unspecified atom stereocenters. The monoisotopic (exact) mass is 367 g/mol. The number of rotatable bonds is 2. The lowest BCUT2D eigenvalue weighted by Crippen LogP contribution is -2.53. The van der Waals surface area contributed by atoms with Crippen molar-refractivity contribution in [2.24, 2.45) is 0 Å². The minimum Gasteiger partial charge on any atom is -0.465 e. The molecule has 0 bridgehead atoms. The highest BCUT2D eigenvalue weighted by atomic mass is 35.5. The number of ether oxygens (including phenoxy) is 1. The van der Waals surface area contributed by atoms with Gasteiger partial charge in [-0.2, -0.15) is 4.98 Å². The van der Waals surface area contributed by atoms with Gasteiger partial charge in [0.1, 0.15) is 17.1 Å². The molecule has 2 saturated heterocycles. The van der Waals surface area contributed by atoms with Crippen LogP contribution in [0.3, 0.4) is 0 Å². The Bertz CT molecular complexity index is 667. The fraction of sp³-hybridized carbons (Fsp3) is 0.688. The smallest absolute Gasteiger partial charge is 0.408 e. The Labute approximate surface area is 151 Å². The molecular weight excluding hydrogens is 346 g/mol. The molecule has 0 radical (unpaired) electrons. The van der Waals surface area contributed by atoms with Gasteiger partial charge in [0, 0.05) is 31.7 Å². The first kappa shape index (κ1) is 16.7. The van der Waals surface area contributed by atoms with E-state index in [1.807, 2.05) is 0 Å². The van der Waals surface area contributed by atoms with Gasteiger partial charge in [-0.1, -0.05) is 11.6 Å². The molecule has 8 nitrogen and oxygen atoms in total. The predicted molar refractivity (Wildman–Crippen MR) is 93.5 cm³/mol. The molecule has 1 atom stereocenters. The van der Waals surface area contributed by atoms with Gasteiger partial charge in [-0.25, -0.2) is 9.78 Å². The average Bonchev–Trinajstić information content (AvgIpc) is 3.07. The van der Waals surface area contributed by atoms with Crippen molar-refractivity contribution >= 4 is 29.5 Å². The Morgan fingerprint density at radius 2 is 1.96 bits per heavy atom. The third-order valence-electron chi connectivity index (χ3n) is 5.17. The molecule has 0 aliphatic carbocycles. The molecule has 3 aliphatic rings. The van der Waals surface area contributed by atoms with Crippen LogP contribution >= 0.6 is 11.6 Å². The number of amides is 1. The van der Waals surface area contributed by atoms with Crippen molar-refractivity contribution < 1.29 is 14.6 Å². The Morgan fingerprint density at radius 1 is 1.16 bits per heavy atom. The van der Waals surface area contributed by atoms with Gasteiger partial charge in [-0.15, -0.1) is 0 Å². The first-order valence-electron chi connectivity index (χ1n) is 8.80. The normalized spacial score (nSPS) is 23.7. The van der Waals surface area contributed by atoms with Crippen LogP contribution in [-0.2, 0) is 11.2 Å². The van der Waals surface area contributed by atoms with Crippen LogP contribution in [0.15, 0.2) is 0 Å². The van der Waals surface area contributed by atoms with Crippen molar-refractivity contribution in [2.75, 3.05) is 49.2 Å². The van der Waals surface area contributed by atoms with Crippen molar-refractivity contribution in [3.8, 4) is 0 Å². The summed E-state index contributed by atoms with van der Waals surface area (Å²) in [6.07, 6.45) is 2.47. The van der Waals surface area contributed by atoms with E-state index in [1.54, 1.807) is 0 Å². The second kappa shape index (κ2) is 6.84. The summed E-state index contributed by atoms with van der Waals surface area (Å²) in [5.41, 5.74) is 0.926. The number of anilines is 2. The summed E-state index contributed by atoms with van der Waals surface area (Å²) in [7, 11) is 0. The van der Waals surface area contributed by atoms with Crippen LogP contribution in [0, 0.1) is 0 Å². The maximum Gasteiger partial charge on any atom is 0.408 e. The van der Waals surface area contributed by atoms with Gasteiger partial charge >= 0.3 is 6.09 Å². The highest BCUT2D eigenvalue weighted by Crippen LogP contribution is 2.36. The molecule has 0 aromatic carbocycles. The van der Waals surface area contributed by atoms with Gasteiger partial charge in [0.15, 0.2) is 0 Å². The summed E-state index contributed by atoms with van der Waals surface area (Å²) in [6, 6.07) is 0. The molecule has 1 aromatic rings. The molecular formula is C16H22ClN5O3. The van der Waals surface area contributed by atoms with E-state index < -0.39 is 6.09 Å². The number of morpholine rings is 1. The quantitative estimate of drug-likeness (QED) is 0.798. The minimum absolute atomic E-state index is 0.170. The largest absolute Gasteiger partial charge is 0.465 e. The molecule has 9 heteroatoms. The first-order valence-corrected chi connectivity index (χ1v) is 9.18. The van der Waals surface area contributed by atoms with Crippen molar-refractivity contribution in [3.05, 3.63) is 10.7 Å². The fourth-order valence-corrected chi connectivity index (χ4v) is 4.14. The van der Waals surface area contributed by atoms with E-state index in [1.165, 1.54) is 4.90 Å². The highest BCUT2D eigenvalue weighted by molar-refractivity contribution is 6.30. The molecule has 1 N–H and O–H groups in total. The number of carbonyl (C=O) groups is 1. The molecule has 136 valence electrons. The molecule has 1 amide bonds. The molecule has 0 saturated carbocycles. The second-order valence-corrected chi connectivity index (χ2v) is 6.97. The standard InChI is InChI=1S/C16H22ClN5O3/c17-13-11-4-6-21(12-3-1-2-5-22(12)16(23)24)14(11)19-15(18-13)20-7-9-25-10-8-20/h12H,1-10H2,(H,23,24). The summed E-state index contributed by atoms with van der Waals surface area (Å²) in [5.74, 6) is 1.40. The van der Waals surface area contributed by atoms with Gasteiger partial charge in [0.2, 0.25) is 5.95 Å². The third kappa shape index (κ3) is 3.08. The lowest BCUT2D eigenvalue weighted by atomic mass is 10.1. The number of hydrogen-bond donors (Lipinski definition) is 1. The average molecular weight is 368 g/mol. The molecule has 1 aromatic heterocycles. The van der Waals surface area contributed by atoms with Gasteiger partial charge < -0.3 is 19.6 Å². The molecule has 25 heavy (non-hydrogen) atoms. The number of aromatic nitrogens is 2. The first-order chi connectivity index (χ1) is 12.1. The van der Waals surface area contributed by atoms with Gasteiger partial charge in [-0.05, 0) is 25.7 Å². The van der Waals surface area contributed by atoms with Crippen LogP contribution in [-0.4, -0.2) is 71.6 Å². The van der Waals surface area contributed by atoms with E-state index in [-0.39, 0.29) is 6.17 Å². The van der Waals surface area contributed by atoms with E-state index >= 15 is 0 Å². The maximum absolute atomic E-state index is 11.6. The van der Waals surface area contributed by atoms with Gasteiger partial charge in [0.05, 0.1) is 13.2 Å². The zero-order valence-corrected chi connectivity index (χ0v) is 14.8. The summed E-state index contributed by atoms with van der Waals surface area (Å²) < 4.78 is 5.39. The van der Waals surface area contributed by atoms with E-state index in [9.17, 15) is 9.90 Å². The van der Waals surface area contributed by atoms with Crippen LogP contribution in [0.1, 0.15) is 24.8 Å². The molecule has 4 heterocycles. The lowest BCUT2D eigenvalue weighted by Gasteiger charge is -2.40.